The van der Waals surface area contributed by atoms with E-state index in [2.05, 4.69) is 25.3 Å². The Morgan fingerprint density at radius 1 is 1.27 bits per heavy atom. The number of benzene rings is 1. The molecule has 0 bridgehead atoms. The van der Waals surface area contributed by atoms with Crippen LogP contribution in [0.25, 0.3) is 0 Å². The number of ether oxygens (including phenoxy) is 2. The molecule has 0 atom stereocenters. The molecule has 80 valence electrons. The fourth-order valence-electron chi connectivity index (χ4n) is 1.27. The van der Waals surface area contributed by atoms with Gasteiger partial charge in [-0.3, -0.25) is 0 Å². The molecule has 1 aromatic rings. The number of hydrogen-bond donors (Lipinski definition) is 0. The van der Waals surface area contributed by atoms with Crippen molar-refractivity contribution in [2.75, 3.05) is 20.8 Å². The van der Waals surface area contributed by atoms with Gasteiger partial charge in [-0.1, -0.05) is 0 Å². The summed E-state index contributed by atoms with van der Waals surface area (Å²) < 4.78 is 13.0. The summed E-state index contributed by atoms with van der Waals surface area (Å²) >= 11 is 2.61. The van der Waals surface area contributed by atoms with Gasteiger partial charge in [-0.2, -0.15) is 0 Å². The summed E-state index contributed by atoms with van der Waals surface area (Å²) in [5.74, 6) is 1.51. The van der Waals surface area contributed by atoms with E-state index in [0.717, 1.165) is 24.5 Å². The third-order valence-corrected chi connectivity index (χ3v) is 2.30. The molecule has 0 N–H and O–H groups in total. The van der Waals surface area contributed by atoms with E-state index >= 15 is 0 Å². The van der Waals surface area contributed by atoms with Crippen LogP contribution in [-0.4, -0.2) is 41.1 Å². The quantitative estimate of drug-likeness (QED) is 0.597. The van der Waals surface area contributed by atoms with E-state index in [1.54, 1.807) is 14.2 Å². The zero-order valence-electron chi connectivity index (χ0n) is 8.82. The summed E-state index contributed by atoms with van der Waals surface area (Å²) in [6.45, 7) is 0.725. The van der Waals surface area contributed by atoms with Gasteiger partial charge < -0.3 is 0 Å². The second-order valence-corrected chi connectivity index (χ2v) is 3.30. The Kier molecular flexibility index (Phi) is 5.13. The fourth-order valence-corrected chi connectivity index (χ4v) is 1.46. The first kappa shape index (κ1) is 12.0. The van der Waals surface area contributed by atoms with Crippen LogP contribution in [0.5, 0.6) is 11.5 Å². The van der Waals surface area contributed by atoms with Crippen LogP contribution < -0.4 is 9.47 Å². The molecule has 0 heterocycles. The van der Waals surface area contributed by atoms with Crippen molar-refractivity contribution in [3.63, 3.8) is 0 Å². The summed E-state index contributed by atoms with van der Waals surface area (Å²) in [5.41, 5.74) is 1.17. The minimum absolute atomic E-state index is 0.725. The number of methoxy groups -OCH3 is 2. The minimum atomic E-state index is 0.725. The van der Waals surface area contributed by atoms with Crippen molar-refractivity contribution in [3.8, 4) is 11.5 Å². The molecule has 0 saturated carbocycles. The molecular weight excluding hydrogens is 257 g/mol. The maximum absolute atomic E-state index is 5.21. The summed E-state index contributed by atoms with van der Waals surface area (Å²) in [6.07, 6.45) is 0.870. The molecular formula is C11H13NO2Se. The summed E-state index contributed by atoms with van der Waals surface area (Å²) in [5, 5.41) is 0. The second-order valence-electron chi connectivity index (χ2n) is 2.91. The van der Waals surface area contributed by atoms with Crippen LogP contribution in [-0.2, 0) is 6.42 Å². The van der Waals surface area contributed by atoms with E-state index in [9.17, 15) is 0 Å². The van der Waals surface area contributed by atoms with Crippen molar-refractivity contribution in [2.24, 2.45) is 4.99 Å². The van der Waals surface area contributed by atoms with Crippen molar-refractivity contribution in [3.05, 3.63) is 23.8 Å². The first-order valence-electron chi connectivity index (χ1n) is 4.56. The van der Waals surface area contributed by atoms with Crippen LogP contribution in [0.15, 0.2) is 23.2 Å². The molecule has 0 aliphatic carbocycles. The van der Waals surface area contributed by atoms with Crippen LogP contribution >= 0.6 is 0 Å². The summed E-state index contributed by atoms with van der Waals surface area (Å²) in [4.78, 5) is 3.99. The molecule has 0 fully saturated rings. The molecule has 1 aromatic carbocycles. The molecule has 1 rings (SSSR count). The standard InChI is InChI=1S/C11H13NO2Se/c1-13-10-4-3-9(5-6-12-8-15)7-11(10)14-2/h3-4,7H,5-6H2,1-2H3. The van der Waals surface area contributed by atoms with Crippen LogP contribution in [0, 0.1) is 0 Å². The third kappa shape index (κ3) is 3.52. The average Bonchev–Trinajstić information content (AvgIpc) is 2.29. The molecule has 0 saturated heterocycles. The molecule has 0 radical (unpaired) electrons. The van der Waals surface area contributed by atoms with E-state index < -0.39 is 0 Å². The van der Waals surface area contributed by atoms with Gasteiger partial charge in [-0.25, -0.2) is 0 Å². The predicted octanol–water partition coefficient (Wildman–Crippen LogP) is 1.32. The molecule has 4 heteroatoms. The van der Waals surface area contributed by atoms with Gasteiger partial charge in [0.25, 0.3) is 0 Å². The van der Waals surface area contributed by atoms with Gasteiger partial charge in [-0.05, 0) is 0 Å². The molecule has 0 aromatic heterocycles. The Hall–Kier alpha value is -1.08. The van der Waals surface area contributed by atoms with Crippen molar-refractivity contribution in [1.29, 1.82) is 0 Å². The first-order valence-corrected chi connectivity index (χ1v) is 5.42. The van der Waals surface area contributed by atoms with Crippen LogP contribution in [0.1, 0.15) is 5.56 Å². The van der Waals surface area contributed by atoms with E-state index in [1.165, 1.54) is 5.56 Å². The topological polar surface area (TPSA) is 30.8 Å². The average molecular weight is 270 g/mol. The predicted molar refractivity (Wildman–Crippen MR) is 61.3 cm³/mol. The van der Waals surface area contributed by atoms with E-state index in [0.29, 0.717) is 0 Å². The number of rotatable bonds is 5. The van der Waals surface area contributed by atoms with Crippen LogP contribution in [0.2, 0.25) is 0 Å². The van der Waals surface area contributed by atoms with Gasteiger partial charge in [0, 0.05) is 0 Å². The summed E-state index contributed by atoms with van der Waals surface area (Å²) in [7, 11) is 3.26. The van der Waals surface area contributed by atoms with Gasteiger partial charge in [0.15, 0.2) is 0 Å². The molecule has 3 nitrogen and oxygen atoms in total. The Balaban J connectivity index is 2.78. The monoisotopic (exact) mass is 271 g/mol. The van der Waals surface area contributed by atoms with Gasteiger partial charge in [0.1, 0.15) is 0 Å². The van der Waals surface area contributed by atoms with Gasteiger partial charge in [-0.15, -0.1) is 0 Å². The zero-order valence-corrected chi connectivity index (χ0v) is 10.5. The number of aliphatic imine (C=N–C) groups is 1. The Morgan fingerprint density at radius 3 is 2.60 bits per heavy atom. The van der Waals surface area contributed by atoms with Crippen LogP contribution in [0.4, 0.5) is 0 Å². The fraction of sp³-hybridized carbons (Fsp3) is 0.364. The molecule has 0 aliphatic heterocycles. The molecule has 0 spiro atoms. The Bertz CT molecular complexity index is 373. The molecule has 0 amide bonds. The van der Waals surface area contributed by atoms with Gasteiger partial charge >= 0.3 is 97.2 Å². The number of hydrogen-bond acceptors (Lipinski definition) is 3. The number of nitrogens with zero attached hydrogens (tertiary/aromatic N) is 1. The molecule has 0 unspecified atom stereocenters. The Labute approximate surface area is 97.5 Å². The van der Waals surface area contributed by atoms with Crippen molar-refractivity contribution in [1.82, 2.24) is 0 Å². The van der Waals surface area contributed by atoms with Gasteiger partial charge in [0.2, 0.25) is 0 Å². The molecule has 0 aliphatic rings. The third-order valence-electron chi connectivity index (χ3n) is 2.02. The second kappa shape index (κ2) is 6.41. The van der Waals surface area contributed by atoms with Gasteiger partial charge in [0.05, 0.1) is 0 Å². The van der Waals surface area contributed by atoms with Crippen LogP contribution in [0.3, 0.4) is 0 Å². The van der Waals surface area contributed by atoms with E-state index in [1.807, 2.05) is 18.2 Å². The Morgan fingerprint density at radius 2 is 2.00 bits per heavy atom. The SMILES string of the molecule is COc1ccc(CCN=C=[Se])cc1OC. The first-order chi connectivity index (χ1) is 7.31. The van der Waals surface area contributed by atoms with E-state index in [4.69, 9.17) is 9.47 Å². The zero-order chi connectivity index (χ0) is 11.1. The van der Waals surface area contributed by atoms with E-state index in [-0.39, 0.29) is 0 Å². The summed E-state index contributed by atoms with van der Waals surface area (Å²) in [6, 6.07) is 5.88. The van der Waals surface area contributed by atoms with Crippen molar-refractivity contribution < 1.29 is 9.47 Å². The van der Waals surface area contributed by atoms with Crippen molar-refractivity contribution in [2.45, 2.75) is 6.42 Å². The molecule has 15 heavy (non-hydrogen) atoms. The maximum atomic E-state index is 5.21. The normalized spacial score (nSPS) is 9.20. The van der Waals surface area contributed by atoms with Crippen molar-refractivity contribution >= 4 is 20.3 Å².